The summed E-state index contributed by atoms with van der Waals surface area (Å²) < 4.78 is 48.2. The third kappa shape index (κ3) is 17.0. The molecule has 0 saturated heterocycles. The molecule has 0 aliphatic rings. The van der Waals surface area contributed by atoms with Crippen molar-refractivity contribution in [3.8, 4) is 5.75 Å². The smallest absolute Gasteiger partial charge is 0.404 e. The van der Waals surface area contributed by atoms with Gasteiger partial charge in [-0.05, 0) is 24.1 Å². The molecule has 1 rings (SSSR count). The fraction of sp³-hybridized carbons (Fsp3) is 0.710. The number of hydrogen-bond donors (Lipinski definition) is 1. The van der Waals surface area contributed by atoms with E-state index in [1.165, 1.54) is 89.9 Å². The Kier molecular flexibility index (Phi) is 19.0. The Morgan fingerprint density at radius 2 is 1.23 bits per heavy atom. The third-order valence-electron chi connectivity index (χ3n) is 6.75. The largest absolute Gasteiger partial charge is 0.868 e. The normalized spacial score (nSPS) is 12.2. The van der Waals surface area contributed by atoms with E-state index in [4.69, 9.17) is 9.47 Å². The summed E-state index contributed by atoms with van der Waals surface area (Å²) in [7, 11) is 1.07. The number of allylic oxidation sites excluding steroid dienone is 1. The monoisotopic (exact) mass is 556 g/mol. The van der Waals surface area contributed by atoms with Crippen LogP contribution >= 0.6 is 0 Å². The maximum absolute atomic E-state index is 12.5. The number of unbranched alkanes of at least 4 members (excludes halogenated alkanes) is 15. The van der Waals surface area contributed by atoms with Crippen molar-refractivity contribution in [1.82, 2.24) is 5.32 Å². The van der Waals surface area contributed by atoms with Crippen LogP contribution in [-0.4, -0.2) is 32.4 Å². The molecule has 1 aromatic carbocycles. The summed E-state index contributed by atoms with van der Waals surface area (Å²) in [6.07, 6.45) is 16.4. The topological polar surface area (TPSA) is 70.6 Å². The van der Waals surface area contributed by atoms with Crippen molar-refractivity contribution >= 4 is 5.97 Å². The number of likely N-dealkylation sites (N-methyl/N-ethyl adjacent to an activating group) is 1. The van der Waals surface area contributed by atoms with Gasteiger partial charge in [0.05, 0.1) is 13.2 Å². The van der Waals surface area contributed by atoms with Gasteiger partial charge in [0.2, 0.25) is 0 Å². The molecule has 0 saturated carbocycles. The molecule has 1 N–H and O–H groups in total. The second kappa shape index (κ2) is 21.4. The van der Waals surface area contributed by atoms with Gasteiger partial charge in [0.15, 0.2) is 0 Å². The van der Waals surface area contributed by atoms with Gasteiger partial charge in [-0.1, -0.05) is 115 Å². The molecule has 0 amide bonds. The van der Waals surface area contributed by atoms with E-state index in [2.05, 4.69) is 6.92 Å². The SMILES string of the molecule is CCCCCCCCCCCCCCCCCCOc1ccc(CCOC(=O)/C(NC)=C(\[O-])C(F)(F)F)cc1. The zero-order valence-electron chi connectivity index (χ0n) is 24.0. The number of hydrogen-bond acceptors (Lipinski definition) is 5. The van der Waals surface area contributed by atoms with E-state index in [1.54, 1.807) is 0 Å². The van der Waals surface area contributed by atoms with Crippen molar-refractivity contribution in [2.24, 2.45) is 0 Å². The van der Waals surface area contributed by atoms with Gasteiger partial charge in [0, 0.05) is 19.2 Å². The standard InChI is InChI=1S/C31H50F3NO4/c1-3-4-5-6-7-8-9-10-11-12-13-14-15-16-17-18-24-38-27-21-19-26(20-22-27)23-25-39-30(37)28(35-2)29(36)31(32,33)34/h19-22,35-36H,3-18,23-25H2,1-2H3/p-1/b29-28+. The van der Waals surface area contributed by atoms with Crippen LogP contribution in [0.25, 0.3) is 0 Å². The van der Waals surface area contributed by atoms with Crippen molar-refractivity contribution in [3.05, 3.63) is 41.3 Å². The first-order valence-electron chi connectivity index (χ1n) is 14.8. The van der Waals surface area contributed by atoms with Crippen LogP contribution in [0.5, 0.6) is 5.75 Å². The highest BCUT2D eigenvalue weighted by atomic mass is 19.4. The highest BCUT2D eigenvalue weighted by Crippen LogP contribution is 2.23. The lowest BCUT2D eigenvalue weighted by molar-refractivity contribution is -0.362. The van der Waals surface area contributed by atoms with Crippen LogP contribution in [0.1, 0.15) is 115 Å². The van der Waals surface area contributed by atoms with Gasteiger partial charge in [-0.25, -0.2) is 4.79 Å². The van der Waals surface area contributed by atoms with E-state index in [1.807, 2.05) is 29.6 Å². The Balaban J connectivity index is 2.04. The van der Waals surface area contributed by atoms with Crippen LogP contribution in [0, 0.1) is 0 Å². The van der Waals surface area contributed by atoms with Crippen LogP contribution in [0.2, 0.25) is 0 Å². The number of ether oxygens (including phenoxy) is 2. The fourth-order valence-corrected chi connectivity index (χ4v) is 4.38. The number of carbonyl (C=O) groups is 1. The second-order valence-corrected chi connectivity index (χ2v) is 10.1. The molecule has 0 fully saturated rings. The minimum atomic E-state index is -5.14. The fourth-order valence-electron chi connectivity index (χ4n) is 4.38. The summed E-state index contributed by atoms with van der Waals surface area (Å²) in [5.41, 5.74) is -0.286. The summed E-state index contributed by atoms with van der Waals surface area (Å²) in [5.74, 6) is -2.82. The van der Waals surface area contributed by atoms with Gasteiger partial charge in [0.25, 0.3) is 0 Å². The number of esters is 1. The van der Waals surface area contributed by atoms with Crippen molar-refractivity contribution < 1.29 is 32.5 Å². The van der Waals surface area contributed by atoms with E-state index >= 15 is 0 Å². The predicted octanol–water partition coefficient (Wildman–Crippen LogP) is 7.77. The van der Waals surface area contributed by atoms with E-state index in [0.29, 0.717) is 13.0 Å². The maximum Gasteiger partial charge on any atom is 0.404 e. The summed E-state index contributed by atoms with van der Waals surface area (Å²) in [6.45, 7) is 2.78. The van der Waals surface area contributed by atoms with Crippen LogP contribution in [-0.2, 0) is 16.0 Å². The Morgan fingerprint density at radius 3 is 1.67 bits per heavy atom. The quantitative estimate of drug-likeness (QED) is 0.0645. The molecule has 0 unspecified atom stereocenters. The minimum absolute atomic E-state index is 0.144. The Hall–Kier alpha value is -2.38. The van der Waals surface area contributed by atoms with Gasteiger partial charge >= 0.3 is 12.1 Å². The van der Waals surface area contributed by atoms with Crippen molar-refractivity contribution in [1.29, 1.82) is 0 Å². The molecule has 0 aromatic heterocycles. The number of benzene rings is 1. The molecule has 0 aliphatic heterocycles. The molecule has 0 heterocycles. The van der Waals surface area contributed by atoms with E-state index in [-0.39, 0.29) is 6.61 Å². The molecule has 0 radical (unpaired) electrons. The number of rotatable bonds is 23. The van der Waals surface area contributed by atoms with Gasteiger partial charge in [-0.3, -0.25) is 0 Å². The summed E-state index contributed by atoms with van der Waals surface area (Å²) in [6, 6.07) is 7.28. The van der Waals surface area contributed by atoms with E-state index in [9.17, 15) is 23.1 Å². The van der Waals surface area contributed by atoms with Crippen LogP contribution in [0.4, 0.5) is 13.2 Å². The Labute approximate surface area is 233 Å². The summed E-state index contributed by atoms with van der Waals surface area (Å²) >= 11 is 0. The van der Waals surface area contributed by atoms with Crippen LogP contribution in [0.15, 0.2) is 35.7 Å². The predicted molar refractivity (Wildman–Crippen MR) is 148 cm³/mol. The van der Waals surface area contributed by atoms with Gasteiger partial charge in [-0.15, -0.1) is 0 Å². The maximum atomic E-state index is 12.5. The van der Waals surface area contributed by atoms with Crippen molar-refractivity contribution in [3.63, 3.8) is 0 Å². The average molecular weight is 557 g/mol. The molecule has 0 aliphatic carbocycles. The number of carbonyl (C=O) groups excluding carboxylic acids is 1. The van der Waals surface area contributed by atoms with Crippen LogP contribution < -0.4 is 15.2 Å². The molecule has 5 nitrogen and oxygen atoms in total. The number of alkyl halides is 3. The second-order valence-electron chi connectivity index (χ2n) is 10.1. The Bertz CT molecular complexity index is 794. The molecule has 0 atom stereocenters. The molecule has 0 spiro atoms. The van der Waals surface area contributed by atoms with Crippen molar-refractivity contribution in [2.45, 2.75) is 122 Å². The Morgan fingerprint density at radius 1 is 0.769 bits per heavy atom. The highest BCUT2D eigenvalue weighted by Gasteiger charge is 2.31. The first-order valence-corrected chi connectivity index (χ1v) is 14.8. The number of nitrogens with one attached hydrogen (secondary N) is 1. The first-order chi connectivity index (χ1) is 18.8. The van der Waals surface area contributed by atoms with Gasteiger partial charge in [0.1, 0.15) is 11.4 Å². The summed E-state index contributed by atoms with van der Waals surface area (Å²) in [5, 5.41) is 13.2. The van der Waals surface area contributed by atoms with Gasteiger partial charge < -0.3 is 19.9 Å². The lowest BCUT2D eigenvalue weighted by atomic mass is 10.0. The first kappa shape index (κ1) is 34.6. The van der Waals surface area contributed by atoms with Gasteiger partial charge in [-0.2, -0.15) is 13.2 Å². The molecule has 1 aromatic rings. The molecular weight excluding hydrogens is 507 g/mol. The average Bonchev–Trinajstić information content (AvgIpc) is 2.91. The van der Waals surface area contributed by atoms with E-state index < -0.39 is 23.6 Å². The zero-order valence-corrected chi connectivity index (χ0v) is 24.0. The third-order valence-corrected chi connectivity index (χ3v) is 6.75. The molecule has 39 heavy (non-hydrogen) atoms. The lowest BCUT2D eigenvalue weighted by Crippen LogP contribution is -2.33. The minimum Gasteiger partial charge on any atom is -0.868 e. The summed E-state index contributed by atoms with van der Waals surface area (Å²) in [4.78, 5) is 11.8. The van der Waals surface area contributed by atoms with E-state index in [0.717, 1.165) is 31.2 Å². The molecule has 224 valence electrons. The highest BCUT2D eigenvalue weighted by molar-refractivity contribution is 5.88. The molecule has 0 bridgehead atoms. The zero-order chi connectivity index (χ0) is 28.8. The molecule has 8 heteroatoms. The van der Waals surface area contributed by atoms with Crippen molar-refractivity contribution in [2.75, 3.05) is 20.3 Å². The lowest BCUT2D eigenvalue weighted by Gasteiger charge is -2.20. The molecular formula is C31H49F3NO4-. The van der Waals surface area contributed by atoms with Crippen LogP contribution in [0.3, 0.4) is 0 Å². The number of halogens is 3.